The number of hydrogen-bond acceptors (Lipinski definition) is 8. The first-order valence-corrected chi connectivity index (χ1v) is 15.3. The summed E-state index contributed by atoms with van der Waals surface area (Å²) in [6, 6.07) is 8.35. The van der Waals surface area contributed by atoms with Gasteiger partial charge in [-0.3, -0.25) is 24.5 Å². The van der Waals surface area contributed by atoms with Crippen LogP contribution in [0, 0.1) is 0 Å². The summed E-state index contributed by atoms with van der Waals surface area (Å²) in [4.78, 5) is 51.2. The summed E-state index contributed by atoms with van der Waals surface area (Å²) in [7, 11) is 1.20. The fourth-order valence-corrected chi connectivity index (χ4v) is 5.34. The van der Waals surface area contributed by atoms with E-state index in [4.69, 9.17) is 4.74 Å². The van der Waals surface area contributed by atoms with Crippen molar-refractivity contribution in [2.45, 2.75) is 95.1 Å². The SMILES string of the molecule is CCCCCCC(=O)NCC(NCC(=O)NC(Cc1ccccc1)C1(C(=O)NC(O)(O)C(=O)NC)CCCO1)=C1CCC1. The molecule has 12 nitrogen and oxygen atoms in total. The third kappa shape index (κ3) is 9.77. The molecule has 43 heavy (non-hydrogen) atoms. The van der Waals surface area contributed by atoms with Crippen molar-refractivity contribution in [2.75, 3.05) is 26.7 Å². The van der Waals surface area contributed by atoms with Crippen LogP contribution in [-0.2, 0) is 30.3 Å². The first-order valence-electron chi connectivity index (χ1n) is 15.3. The van der Waals surface area contributed by atoms with Crippen LogP contribution >= 0.6 is 0 Å². The average molecular weight is 602 g/mol. The summed E-state index contributed by atoms with van der Waals surface area (Å²) in [5.74, 6) is -5.73. The van der Waals surface area contributed by atoms with E-state index in [9.17, 15) is 29.4 Å². The molecule has 2 aliphatic rings. The Kier molecular flexibility index (Phi) is 13.0. The van der Waals surface area contributed by atoms with Crippen molar-refractivity contribution in [3.05, 3.63) is 47.2 Å². The van der Waals surface area contributed by atoms with Gasteiger partial charge in [-0.15, -0.1) is 0 Å². The van der Waals surface area contributed by atoms with Gasteiger partial charge in [0.15, 0.2) is 5.60 Å². The molecule has 12 heteroatoms. The summed E-state index contributed by atoms with van der Waals surface area (Å²) in [5.41, 5.74) is 1.17. The van der Waals surface area contributed by atoms with Crippen LogP contribution in [0.2, 0.25) is 0 Å². The van der Waals surface area contributed by atoms with Crippen LogP contribution in [0.25, 0.3) is 0 Å². The standard InChI is InChI=1S/C31H47N5O7/c1-3-4-5-9-16-26(37)34-20-24(23-14-10-15-23)33-21-27(38)35-25(19-22-12-7-6-8-13-22)30(17-11-18-43-30)28(39)36-31(41,42)29(40)32-2/h6-8,12-13,25,33,41-42H,3-5,9-11,14-21H2,1-2H3,(H,32,40)(H,34,37)(H,35,38)(H,36,39). The highest BCUT2D eigenvalue weighted by atomic mass is 16.5. The number of unbranched alkanes of at least 4 members (excludes halogenated alkanes) is 3. The molecule has 2 atom stereocenters. The Labute approximate surface area is 253 Å². The van der Waals surface area contributed by atoms with Crippen molar-refractivity contribution in [1.82, 2.24) is 26.6 Å². The second-order valence-electron chi connectivity index (χ2n) is 11.2. The van der Waals surface area contributed by atoms with Gasteiger partial charge < -0.3 is 36.2 Å². The van der Waals surface area contributed by atoms with Gasteiger partial charge in [0.25, 0.3) is 5.91 Å². The minimum Gasteiger partial charge on any atom is -0.378 e. The van der Waals surface area contributed by atoms with Gasteiger partial charge in [0.1, 0.15) is 0 Å². The number of rotatable bonds is 17. The Balaban J connectivity index is 1.71. The topological polar surface area (TPSA) is 178 Å². The second-order valence-corrected chi connectivity index (χ2v) is 11.2. The van der Waals surface area contributed by atoms with Crippen LogP contribution in [0.15, 0.2) is 41.6 Å². The molecule has 1 saturated heterocycles. The molecule has 1 aliphatic carbocycles. The molecule has 4 amide bonds. The lowest BCUT2D eigenvalue weighted by Gasteiger charge is -2.37. The zero-order valence-electron chi connectivity index (χ0n) is 25.3. The summed E-state index contributed by atoms with van der Waals surface area (Å²) >= 11 is 0. The number of allylic oxidation sites excluding steroid dienone is 1. The lowest BCUT2D eigenvalue weighted by molar-refractivity contribution is -0.204. The van der Waals surface area contributed by atoms with Crippen molar-refractivity contribution in [2.24, 2.45) is 0 Å². The lowest BCUT2D eigenvalue weighted by atomic mass is 9.85. The summed E-state index contributed by atoms with van der Waals surface area (Å²) in [5, 5.41) is 33.5. The van der Waals surface area contributed by atoms with Crippen LogP contribution in [0.1, 0.15) is 76.7 Å². The van der Waals surface area contributed by atoms with Crippen LogP contribution in [0.5, 0.6) is 0 Å². The zero-order valence-corrected chi connectivity index (χ0v) is 25.3. The van der Waals surface area contributed by atoms with E-state index in [1.54, 1.807) is 0 Å². The summed E-state index contributed by atoms with van der Waals surface area (Å²) in [6.45, 7) is 2.55. The van der Waals surface area contributed by atoms with Crippen molar-refractivity contribution in [3.63, 3.8) is 0 Å². The molecule has 238 valence electrons. The van der Waals surface area contributed by atoms with Gasteiger partial charge in [-0.1, -0.05) is 56.5 Å². The van der Waals surface area contributed by atoms with Crippen molar-refractivity contribution >= 4 is 23.6 Å². The van der Waals surface area contributed by atoms with Gasteiger partial charge in [0.2, 0.25) is 11.8 Å². The second kappa shape index (κ2) is 16.4. The van der Waals surface area contributed by atoms with Crippen molar-refractivity contribution in [3.8, 4) is 0 Å². The van der Waals surface area contributed by atoms with Gasteiger partial charge in [0, 0.05) is 25.8 Å². The van der Waals surface area contributed by atoms with E-state index in [2.05, 4.69) is 28.2 Å². The molecule has 2 fully saturated rings. The molecule has 0 aromatic heterocycles. The maximum atomic E-state index is 13.5. The van der Waals surface area contributed by atoms with E-state index in [0.29, 0.717) is 19.4 Å². The highest BCUT2D eigenvalue weighted by Gasteiger charge is 2.52. The molecule has 0 spiro atoms. The molecule has 3 rings (SSSR count). The largest absolute Gasteiger partial charge is 0.378 e. The molecule has 1 aromatic carbocycles. The third-order valence-corrected chi connectivity index (χ3v) is 8.01. The molecular formula is C31H47N5O7. The van der Waals surface area contributed by atoms with Gasteiger partial charge in [0.05, 0.1) is 19.1 Å². The van der Waals surface area contributed by atoms with E-state index < -0.39 is 35.3 Å². The normalized spacial score (nSPS) is 18.7. The van der Waals surface area contributed by atoms with Gasteiger partial charge in [-0.05, 0) is 56.1 Å². The summed E-state index contributed by atoms with van der Waals surface area (Å²) < 4.78 is 5.94. The van der Waals surface area contributed by atoms with Crippen molar-refractivity contribution < 1.29 is 34.1 Å². The highest BCUT2D eigenvalue weighted by Crippen LogP contribution is 2.32. The number of nitrogens with one attached hydrogen (secondary N) is 5. The van der Waals surface area contributed by atoms with Crippen LogP contribution in [0.4, 0.5) is 0 Å². The zero-order chi connectivity index (χ0) is 31.3. The van der Waals surface area contributed by atoms with E-state index in [0.717, 1.165) is 56.2 Å². The Hall–Kier alpha value is -3.48. The molecule has 2 unspecified atom stereocenters. The smallest absolute Gasteiger partial charge is 0.330 e. The number of carbonyl (C=O) groups is 4. The molecule has 0 bridgehead atoms. The van der Waals surface area contributed by atoms with Gasteiger partial charge in [-0.25, -0.2) is 0 Å². The molecular weight excluding hydrogens is 554 g/mol. The fraction of sp³-hybridized carbons (Fsp3) is 0.613. The monoisotopic (exact) mass is 601 g/mol. The lowest BCUT2D eigenvalue weighted by Crippen LogP contribution is -2.67. The maximum Gasteiger partial charge on any atom is 0.330 e. The molecule has 1 aliphatic heterocycles. The number of likely N-dealkylation sites (N-methyl/N-ethyl adjacent to an activating group) is 1. The number of aliphatic hydroxyl groups is 2. The molecule has 0 radical (unpaired) electrons. The van der Waals surface area contributed by atoms with Gasteiger partial charge in [-0.2, -0.15) is 0 Å². The van der Waals surface area contributed by atoms with E-state index in [1.807, 2.05) is 35.6 Å². The van der Waals surface area contributed by atoms with E-state index >= 15 is 0 Å². The van der Waals surface area contributed by atoms with Crippen molar-refractivity contribution in [1.29, 1.82) is 0 Å². The van der Waals surface area contributed by atoms with Gasteiger partial charge >= 0.3 is 11.8 Å². The number of amides is 4. The fourth-order valence-electron chi connectivity index (χ4n) is 5.34. The minimum atomic E-state index is -3.17. The number of ether oxygens (including phenoxy) is 1. The van der Waals surface area contributed by atoms with Crippen LogP contribution in [-0.4, -0.2) is 78.1 Å². The van der Waals surface area contributed by atoms with E-state index in [-0.39, 0.29) is 31.9 Å². The quantitative estimate of drug-likeness (QED) is 0.102. The average Bonchev–Trinajstić information content (AvgIpc) is 3.47. The molecule has 1 heterocycles. The number of benzene rings is 1. The Morgan fingerprint density at radius 2 is 1.72 bits per heavy atom. The Bertz CT molecular complexity index is 1130. The molecule has 7 N–H and O–H groups in total. The Morgan fingerprint density at radius 3 is 2.33 bits per heavy atom. The number of carbonyl (C=O) groups excluding carboxylic acids is 4. The van der Waals surface area contributed by atoms with Crippen LogP contribution in [0.3, 0.4) is 0 Å². The van der Waals surface area contributed by atoms with Crippen LogP contribution < -0.4 is 26.6 Å². The molecule has 1 saturated carbocycles. The maximum absolute atomic E-state index is 13.5. The predicted molar refractivity (Wildman–Crippen MR) is 160 cm³/mol. The van der Waals surface area contributed by atoms with E-state index in [1.165, 1.54) is 12.6 Å². The first-order chi connectivity index (χ1) is 20.6. The number of hydrogen-bond donors (Lipinski definition) is 7. The first kappa shape index (κ1) is 34.0. The molecule has 1 aromatic rings. The third-order valence-electron chi connectivity index (χ3n) is 8.01. The predicted octanol–water partition coefficient (Wildman–Crippen LogP) is 0.878. The summed E-state index contributed by atoms with van der Waals surface area (Å²) in [6.07, 6.45) is 8.30. The highest BCUT2D eigenvalue weighted by molar-refractivity contribution is 5.93. The minimum absolute atomic E-state index is 0.0189. The Morgan fingerprint density at radius 1 is 0.977 bits per heavy atom.